The van der Waals surface area contributed by atoms with Gasteiger partial charge in [0.25, 0.3) is 0 Å². The minimum Gasteiger partial charge on any atom is -0.477 e. The molecule has 0 bridgehead atoms. The van der Waals surface area contributed by atoms with Crippen LogP contribution in [-0.2, 0) is 0 Å². The Hall–Kier alpha value is -1.82. The molecule has 0 atom stereocenters. The van der Waals surface area contributed by atoms with Gasteiger partial charge in [-0.1, -0.05) is 15.9 Å². The van der Waals surface area contributed by atoms with Crippen molar-refractivity contribution in [1.29, 1.82) is 0 Å². The van der Waals surface area contributed by atoms with Crippen LogP contribution in [0.2, 0.25) is 0 Å². The molecule has 0 aliphatic heterocycles. The Kier molecular flexibility index (Phi) is 2.03. The second-order valence-electron chi connectivity index (χ2n) is 3.81. The van der Waals surface area contributed by atoms with Gasteiger partial charge in [0.05, 0.1) is 11.0 Å². The number of carbonyl (C=O) groups is 1. The average Bonchev–Trinajstić information content (AvgIpc) is 2.72. The molecular formula is C11H8BrN3O2. The molecule has 0 radical (unpaired) electrons. The van der Waals surface area contributed by atoms with Crippen LogP contribution in [0, 0.1) is 6.92 Å². The quantitative estimate of drug-likeness (QED) is 0.724. The average molecular weight is 294 g/mol. The van der Waals surface area contributed by atoms with Crippen molar-refractivity contribution < 1.29 is 9.90 Å². The zero-order valence-corrected chi connectivity index (χ0v) is 10.4. The second kappa shape index (κ2) is 3.33. The summed E-state index contributed by atoms with van der Waals surface area (Å²) in [4.78, 5) is 18.6. The summed E-state index contributed by atoms with van der Waals surface area (Å²) in [6, 6.07) is 5.58. The van der Waals surface area contributed by atoms with Crippen LogP contribution in [0.25, 0.3) is 16.8 Å². The van der Waals surface area contributed by atoms with E-state index in [-0.39, 0.29) is 5.69 Å². The fraction of sp³-hybridized carbons (Fsp3) is 0.0909. The molecular weight excluding hydrogens is 286 g/mol. The first kappa shape index (κ1) is 10.3. The van der Waals surface area contributed by atoms with Crippen molar-refractivity contribution >= 4 is 38.7 Å². The molecule has 86 valence electrons. The lowest BCUT2D eigenvalue weighted by Crippen LogP contribution is -2.02. The van der Waals surface area contributed by atoms with Gasteiger partial charge in [-0.3, -0.25) is 4.40 Å². The van der Waals surface area contributed by atoms with E-state index in [9.17, 15) is 9.90 Å². The minimum absolute atomic E-state index is 0.223. The highest BCUT2D eigenvalue weighted by Gasteiger charge is 2.18. The van der Waals surface area contributed by atoms with Gasteiger partial charge < -0.3 is 10.1 Å². The summed E-state index contributed by atoms with van der Waals surface area (Å²) < 4.78 is 2.51. The van der Waals surface area contributed by atoms with Gasteiger partial charge in [-0.15, -0.1) is 0 Å². The fourth-order valence-corrected chi connectivity index (χ4v) is 2.36. The molecule has 1 aromatic carbocycles. The number of nitrogens with one attached hydrogen (secondary N) is 1. The Morgan fingerprint density at radius 3 is 3.00 bits per heavy atom. The number of aryl methyl sites for hydroxylation is 1. The van der Waals surface area contributed by atoms with Crippen LogP contribution in [0.5, 0.6) is 0 Å². The maximum absolute atomic E-state index is 11.2. The van der Waals surface area contributed by atoms with Crippen molar-refractivity contribution in [2.45, 2.75) is 6.92 Å². The van der Waals surface area contributed by atoms with Gasteiger partial charge in [0.2, 0.25) is 5.78 Å². The zero-order chi connectivity index (χ0) is 12.2. The Balaban J connectivity index is 2.55. The molecule has 2 N–H and O–H groups in total. The summed E-state index contributed by atoms with van der Waals surface area (Å²) in [6.45, 7) is 1.72. The highest BCUT2D eigenvalue weighted by Crippen LogP contribution is 2.23. The Morgan fingerprint density at radius 2 is 2.29 bits per heavy atom. The molecule has 0 aliphatic rings. The first-order valence-electron chi connectivity index (χ1n) is 4.97. The largest absolute Gasteiger partial charge is 0.477 e. The van der Waals surface area contributed by atoms with E-state index in [0.29, 0.717) is 11.5 Å². The number of carboxylic acids is 1. The van der Waals surface area contributed by atoms with E-state index in [1.807, 2.05) is 18.2 Å². The predicted molar refractivity (Wildman–Crippen MR) is 66.4 cm³/mol. The van der Waals surface area contributed by atoms with Gasteiger partial charge in [-0.25, -0.2) is 9.78 Å². The summed E-state index contributed by atoms with van der Waals surface area (Å²) >= 11 is 3.37. The van der Waals surface area contributed by atoms with Crippen molar-refractivity contribution in [2.24, 2.45) is 0 Å². The monoisotopic (exact) mass is 293 g/mol. The molecule has 0 fully saturated rings. The molecule has 0 spiro atoms. The van der Waals surface area contributed by atoms with E-state index >= 15 is 0 Å². The number of carboxylic acid groups (broad SMARTS) is 1. The number of nitrogens with zero attached hydrogens (tertiary/aromatic N) is 2. The van der Waals surface area contributed by atoms with Gasteiger partial charge in [0.15, 0.2) is 5.69 Å². The molecule has 2 heterocycles. The molecule has 0 saturated carbocycles. The SMILES string of the molecule is Cc1[nH]c2nc3ccc(Br)cc3n2c1C(=O)O. The number of imidazole rings is 2. The van der Waals surface area contributed by atoms with Gasteiger partial charge in [-0.05, 0) is 25.1 Å². The fourth-order valence-electron chi connectivity index (χ4n) is 2.01. The van der Waals surface area contributed by atoms with Crippen molar-refractivity contribution in [1.82, 2.24) is 14.4 Å². The number of hydrogen-bond acceptors (Lipinski definition) is 2. The summed E-state index contributed by atoms with van der Waals surface area (Å²) in [7, 11) is 0. The van der Waals surface area contributed by atoms with Crippen molar-refractivity contribution in [3.63, 3.8) is 0 Å². The summed E-state index contributed by atoms with van der Waals surface area (Å²) in [6.07, 6.45) is 0. The van der Waals surface area contributed by atoms with Crippen LogP contribution in [0.4, 0.5) is 0 Å². The number of hydrogen-bond donors (Lipinski definition) is 2. The lowest BCUT2D eigenvalue weighted by atomic mass is 10.3. The number of benzene rings is 1. The van der Waals surface area contributed by atoms with E-state index in [2.05, 4.69) is 25.9 Å². The van der Waals surface area contributed by atoms with Crippen molar-refractivity contribution in [3.8, 4) is 0 Å². The van der Waals surface area contributed by atoms with Crippen LogP contribution < -0.4 is 0 Å². The first-order chi connectivity index (χ1) is 8.08. The second-order valence-corrected chi connectivity index (χ2v) is 4.72. The third-order valence-corrected chi connectivity index (χ3v) is 3.19. The molecule has 0 saturated heterocycles. The van der Waals surface area contributed by atoms with Gasteiger partial charge in [0, 0.05) is 10.2 Å². The molecule has 2 aromatic heterocycles. The Bertz CT molecular complexity index is 757. The lowest BCUT2D eigenvalue weighted by molar-refractivity contribution is 0.0689. The van der Waals surface area contributed by atoms with E-state index < -0.39 is 5.97 Å². The van der Waals surface area contributed by atoms with E-state index in [1.165, 1.54) is 0 Å². The number of aromatic carboxylic acids is 1. The van der Waals surface area contributed by atoms with E-state index in [0.717, 1.165) is 15.5 Å². The van der Waals surface area contributed by atoms with E-state index in [1.54, 1.807) is 11.3 Å². The number of rotatable bonds is 1. The molecule has 0 unspecified atom stereocenters. The first-order valence-corrected chi connectivity index (χ1v) is 5.77. The molecule has 17 heavy (non-hydrogen) atoms. The highest BCUT2D eigenvalue weighted by molar-refractivity contribution is 9.10. The van der Waals surface area contributed by atoms with Crippen LogP contribution in [0.15, 0.2) is 22.7 Å². The number of aromatic nitrogens is 3. The lowest BCUT2D eigenvalue weighted by Gasteiger charge is -1.96. The summed E-state index contributed by atoms with van der Waals surface area (Å²) in [5, 5.41) is 9.22. The van der Waals surface area contributed by atoms with E-state index in [4.69, 9.17) is 0 Å². The van der Waals surface area contributed by atoms with Gasteiger partial charge in [0.1, 0.15) is 0 Å². The number of halogens is 1. The molecule has 0 aliphatic carbocycles. The zero-order valence-electron chi connectivity index (χ0n) is 8.86. The number of aromatic amines is 1. The third-order valence-electron chi connectivity index (χ3n) is 2.70. The Morgan fingerprint density at radius 1 is 1.53 bits per heavy atom. The highest BCUT2D eigenvalue weighted by atomic mass is 79.9. The van der Waals surface area contributed by atoms with Gasteiger partial charge >= 0.3 is 5.97 Å². The summed E-state index contributed by atoms with van der Waals surface area (Å²) in [5.74, 6) is -0.416. The molecule has 6 heteroatoms. The summed E-state index contributed by atoms with van der Waals surface area (Å²) in [5.41, 5.74) is 2.36. The van der Waals surface area contributed by atoms with Crippen LogP contribution in [0.1, 0.15) is 16.2 Å². The molecule has 3 rings (SSSR count). The maximum atomic E-state index is 11.2. The standard InChI is InChI=1S/C11H8BrN3O2/c1-5-9(10(16)17)15-8-4-6(12)2-3-7(8)14-11(15)13-5/h2-4H,1H3,(H,13,14)(H,16,17). The van der Waals surface area contributed by atoms with Crippen molar-refractivity contribution in [2.75, 3.05) is 0 Å². The predicted octanol–water partition coefficient (Wildman–Crippen LogP) is 2.58. The van der Waals surface area contributed by atoms with Gasteiger partial charge in [-0.2, -0.15) is 0 Å². The third kappa shape index (κ3) is 1.37. The topological polar surface area (TPSA) is 70.4 Å². The van der Waals surface area contributed by atoms with Crippen LogP contribution >= 0.6 is 15.9 Å². The van der Waals surface area contributed by atoms with Crippen LogP contribution in [-0.4, -0.2) is 25.4 Å². The van der Waals surface area contributed by atoms with Crippen molar-refractivity contribution in [3.05, 3.63) is 34.1 Å². The molecule has 0 amide bonds. The molecule has 3 aromatic rings. The number of fused-ring (bicyclic) bond motifs is 3. The normalized spacial score (nSPS) is 11.4. The smallest absolute Gasteiger partial charge is 0.354 e. The molecule has 5 nitrogen and oxygen atoms in total. The van der Waals surface area contributed by atoms with Crippen LogP contribution in [0.3, 0.4) is 0 Å². The minimum atomic E-state index is -0.965. The Labute approximate surface area is 104 Å². The number of H-pyrrole nitrogens is 1. The maximum Gasteiger partial charge on any atom is 0.354 e.